The molecule has 2 amide bonds. The number of nitriles is 1. The molecule has 0 bridgehead atoms. The van der Waals surface area contributed by atoms with Crippen molar-refractivity contribution < 1.29 is 9.32 Å². The van der Waals surface area contributed by atoms with E-state index in [4.69, 9.17) is 9.78 Å². The Morgan fingerprint density at radius 2 is 2.17 bits per heavy atom. The van der Waals surface area contributed by atoms with Gasteiger partial charge in [0.05, 0.1) is 5.56 Å². The second-order valence-corrected chi connectivity index (χ2v) is 5.21. The summed E-state index contributed by atoms with van der Waals surface area (Å²) in [5.41, 5.74) is 0.545. The lowest BCUT2D eigenvalue weighted by molar-refractivity contribution is 0.208. The molecule has 3 heterocycles. The maximum atomic E-state index is 12.2. The maximum absolute atomic E-state index is 12.2. The molecule has 118 valence electrons. The molecule has 2 aromatic rings. The normalized spacial score (nSPS) is 14.4. The molecular weight excluding hydrogens is 296 g/mol. The maximum Gasteiger partial charge on any atom is 0.323 e. The zero-order valence-corrected chi connectivity index (χ0v) is 12.7. The molecule has 0 atom stereocenters. The van der Waals surface area contributed by atoms with Gasteiger partial charge >= 0.3 is 6.03 Å². The van der Waals surface area contributed by atoms with Gasteiger partial charge in [0.2, 0.25) is 0 Å². The number of amides is 2. The predicted octanol–water partition coefficient (Wildman–Crippen LogP) is 1.60. The fourth-order valence-electron chi connectivity index (χ4n) is 2.47. The van der Waals surface area contributed by atoms with E-state index >= 15 is 0 Å². The van der Waals surface area contributed by atoms with Crippen LogP contribution in [0.2, 0.25) is 0 Å². The van der Waals surface area contributed by atoms with Crippen LogP contribution in [0, 0.1) is 18.3 Å². The molecule has 1 aliphatic heterocycles. The Bertz CT molecular complexity index is 742. The zero-order chi connectivity index (χ0) is 16.2. The summed E-state index contributed by atoms with van der Waals surface area (Å²) in [5.74, 6) is 1.72. The van der Waals surface area contributed by atoms with Crippen molar-refractivity contribution in [1.82, 2.24) is 15.0 Å². The lowest BCUT2D eigenvalue weighted by Crippen LogP contribution is -2.50. The van der Waals surface area contributed by atoms with E-state index in [0.717, 1.165) is 0 Å². The van der Waals surface area contributed by atoms with Crippen molar-refractivity contribution in [3.8, 4) is 6.07 Å². The minimum atomic E-state index is -0.209. The first-order valence-corrected chi connectivity index (χ1v) is 7.26. The van der Waals surface area contributed by atoms with E-state index in [0.29, 0.717) is 49.1 Å². The van der Waals surface area contributed by atoms with Crippen molar-refractivity contribution in [2.24, 2.45) is 0 Å². The van der Waals surface area contributed by atoms with Crippen LogP contribution in [0.15, 0.2) is 28.9 Å². The van der Waals surface area contributed by atoms with Gasteiger partial charge in [0.1, 0.15) is 17.6 Å². The number of hydrogen-bond acceptors (Lipinski definition) is 6. The Morgan fingerprint density at radius 3 is 2.83 bits per heavy atom. The first-order valence-electron chi connectivity index (χ1n) is 7.26. The number of aryl methyl sites for hydroxylation is 1. The number of piperazine rings is 1. The van der Waals surface area contributed by atoms with E-state index in [1.54, 1.807) is 36.2 Å². The van der Waals surface area contributed by atoms with E-state index in [1.807, 2.05) is 4.90 Å². The third-order valence-corrected chi connectivity index (χ3v) is 3.64. The molecule has 23 heavy (non-hydrogen) atoms. The number of carbonyl (C=O) groups excluding carboxylic acids is 1. The molecule has 0 spiro atoms. The van der Waals surface area contributed by atoms with E-state index in [9.17, 15) is 4.79 Å². The summed E-state index contributed by atoms with van der Waals surface area (Å²) in [6, 6.07) is 7.09. The van der Waals surface area contributed by atoms with E-state index < -0.39 is 0 Å². The van der Waals surface area contributed by atoms with Crippen LogP contribution in [0.3, 0.4) is 0 Å². The molecule has 2 aromatic heterocycles. The van der Waals surface area contributed by atoms with E-state index in [1.165, 1.54) is 0 Å². The van der Waals surface area contributed by atoms with Crippen molar-refractivity contribution in [2.45, 2.75) is 6.92 Å². The number of anilines is 2. The van der Waals surface area contributed by atoms with Crippen LogP contribution >= 0.6 is 0 Å². The quantitative estimate of drug-likeness (QED) is 0.904. The Labute approximate surface area is 133 Å². The highest BCUT2D eigenvalue weighted by Crippen LogP contribution is 2.18. The first kappa shape index (κ1) is 14.8. The van der Waals surface area contributed by atoms with Gasteiger partial charge in [0.15, 0.2) is 5.82 Å². The highest BCUT2D eigenvalue weighted by molar-refractivity contribution is 5.88. The summed E-state index contributed by atoms with van der Waals surface area (Å²) in [6.07, 6.45) is 1.67. The molecular formula is C15H16N6O2. The number of rotatable bonds is 2. The van der Waals surface area contributed by atoms with Gasteiger partial charge in [-0.2, -0.15) is 5.26 Å². The van der Waals surface area contributed by atoms with E-state index in [2.05, 4.69) is 21.5 Å². The van der Waals surface area contributed by atoms with Crippen LogP contribution in [-0.2, 0) is 0 Å². The summed E-state index contributed by atoms with van der Waals surface area (Å²) >= 11 is 0. The zero-order valence-electron chi connectivity index (χ0n) is 12.7. The van der Waals surface area contributed by atoms with Crippen molar-refractivity contribution >= 4 is 17.7 Å². The average molecular weight is 312 g/mol. The van der Waals surface area contributed by atoms with Crippen LogP contribution in [-0.4, -0.2) is 47.3 Å². The number of urea groups is 1. The summed E-state index contributed by atoms with van der Waals surface area (Å²) in [4.78, 5) is 20.2. The third-order valence-electron chi connectivity index (χ3n) is 3.64. The number of carbonyl (C=O) groups is 1. The molecule has 0 saturated carbocycles. The molecule has 0 aromatic carbocycles. The predicted molar refractivity (Wildman–Crippen MR) is 83.0 cm³/mol. The average Bonchev–Trinajstić information content (AvgIpc) is 3.00. The molecule has 1 N–H and O–H groups in total. The molecule has 1 fully saturated rings. The third kappa shape index (κ3) is 3.23. The van der Waals surface area contributed by atoms with Gasteiger partial charge in [-0.05, 0) is 19.1 Å². The van der Waals surface area contributed by atoms with Crippen molar-refractivity contribution in [1.29, 1.82) is 5.26 Å². The lowest BCUT2D eigenvalue weighted by atomic mass is 10.2. The molecule has 1 saturated heterocycles. The van der Waals surface area contributed by atoms with Gasteiger partial charge in [0, 0.05) is 38.4 Å². The number of nitrogens with one attached hydrogen (secondary N) is 1. The van der Waals surface area contributed by atoms with Gasteiger partial charge in [-0.1, -0.05) is 5.16 Å². The first-order chi connectivity index (χ1) is 11.2. The van der Waals surface area contributed by atoms with Crippen LogP contribution in [0.25, 0.3) is 0 Å². The van der Waals surface area contributed by atoms with Crippen molar-refractivity contribution in [3.63, 3.8) is 0 Å². The Kier molecular flexibility index (Phi) is 4.10. The standard InChI is InChI=1S/C15H16N6O2/c1-11-9-13(19-23-11)18-15(22)21-7-5-20(6-8-21)14-12(10-16)3-2-4-17-14/h2-4,9H,5-8H2,1H3,(H,18,19,22). The fraction of sp³-hybridized carbons (Fsp3) is 0.333. The minimum absolute atomic E-state index is 0.209. The van der Waals surface area contributed by atoms with Gasteiger partial charge in [-0.25, -0.2) is 9.78 Å². The number of hydrogen-bond donors (Lipinski definition) is 1. The Balaban J connectivity index is 1.60. The molecule has 0 unspecified atom stereocenters. The van der Waals surface area contributed by atoms with Crippen molar-refractivity contribution in [2.75, 3.05) is 36.4 Å². The van der Waals surface area contributed by atoms with Gasteiger partial charge in [0.25, 0.3) is 0 Å². The molecule has 8 heteroatoms. The summed E-state index contributed by atoms with van der Waals surface area (Å²) in [5, 5.41) is 15.6. The van der Waals surface area contributed by atoms with Crippen LogP contribution in [0.1, 0.15) is 11.3 Å². The molecule has 0 aliphatic carbocycles. The fourth-order valence-corrected chi connectivity index (χ4v) is 2.47. The number of aromatic nitrogens is 2. The van der Waals surface area contributed by atoms with Crippen LogP contribution < -0.4 is 10.2 Å². The summed E-state index contributed by atoms with van der Waals surface area (Å²) < 4.78 is 4.92. The topological polar surface area (TPSA) is 98.3 Å². The van der Waals surface area contributed by atoms with Gasteiger partial charge in [-0.3, -0.25) is 5.32 Å². The Hall–Kier alpha value is -3.08. The molecule has 8 nitrogen and oxygen atoms in total. The highest BCUT2D eigenvalue weighted by atomic mass is 16.5. The summed E-state index contributed by atoms with van der Waals surface area (Å²) in [7, 11) is 0. The smallest absolute Gasteiger partial charge is 0.323 e. The van der Waals surface area contributed by atoms with Gasteiger partial charge < -0.3 is 14.3 Å². The lowest BCUT2D eigenvalue weighted by Gasteiger charge is -2.35. The number of nitrogens with zero attached hydrogens (tertiary/aromatic N) is 5. The molecule has 1 aliphatic rings. The minimum Gasteiger partial charge on any atom is -0.360 e. The summed E-state index contributed by atoms with van der Waals surface area (Å²) in [6.45, 7) is 4.10. The second kappa shape index (κ2) is 6.36. The largest absolute Gasteiger partial charge is 0.360 e. The van der Waals surface area contributed by atoms with E-state index in [-0.39, 0.29) is 6.03 Å². The van der Waals surface area contributed by atoms with Gasteiger partial charge in [-0.15, -0.1) is 0 Å². The molecule has 0 radical (unpaired) electrons. The second-order valence-electron chi connectivity index (χ2n) is 5.21. The number of pyridine rings is 1. The van der Waals surface area contributed by atoms with Crippen LogP contribution in [0.5, 0.6) is 0 Å². The Morgan fingerprint density at radius 1 is 1.39 bits per heavy atom. The highest BCUT2D eigenvalue weighted by Gasteiger charge is 2.23. The monoisotopic (exact) mass is 312 g/mol. The van der Waals surface area contributed by atoms with Crippen molar-refractivity contribution in [3.05, 3.63) is 35.7 Å². The molecule has 3 rings (SSSR count). The SMILES string of the molecule is Cc1cc(NC(=O)N2CCN(c3ncccc3C#N)CC2)no1. The van der Waals surface area contributed by atoms with Crippen LogP contribution in [0.4, 0.5) is 16.4 Å².